The molecule has 1 aliphatic heterocycles. The Bertz CT molecular complexity index is 481. The van der Waals surface area contributed by atoms with Gasteiger partial charge in [0.25, 0.3) is 5.91 Å². The van der Waals surface area contributed by atoms with Gasteiger partial charge in [0.15, 0.2) is 0 Å². The first-order valence-corrected chi connectivity index (χ1v) is 6.91. The Hall–Kier alpha value is -0.970. The van der Waals surface area contributed by atoms with Gasteiger partial charge in [-0.3, -0.25) is 4.79 Å². The van der Waals surface area contributed by atoms with Gasteiger partial charge in [0, 0.05) is 18.7 Å². The molecule has 19 heavy (non-hydrogen) atoms. The molecule has 1 saturated heterocycles. The van der Waals surface area contributed by atoms with Gasteiger partial charge >= 0.3 is 0 Å². The number of hydrogen-bond donors (Lipinski definition) is 1. The number of aromatic hydroxyl groups is 1. The lowest BCUT2D eigenvalue weighted by Gasteiger charge is -2.36. The Morgan fingerprint density at radius 3 is 2.89 bits per heavy atom. The van der Waals surface area contributed by atoms with E-state index < -0.39 is 0 Å². The molecule has 104 valence electrons. The lowest BCUT2D eigenvalue weighted by molar-refractivity contribution is -0.0570. The number of ether oxygens (including phenoxy) is 1. The molecule has 0 aromatic heterocycles. The zero-order valence-corrected chi connectivity index (χ0v) is 12.0. The summed E-state index contributed by atoms with van der Waals surface area (Å²) in [5, 5.41) is 9.53. The van der Waals surface area contributed by atoms with E-state index >= 15 is 0 Å². The Labute approximate surface area is 121 Å². The van der Waals surface area contributed by atoms with E-state index in [2.05, 4.69) is 0 Å². The third-order valence-electron chi connectivity index (χ3n) is 2.98. The molecule has 2 atom stereocenters. The number of hydrogen-bond acceptors (Lipinski definition) is 3. The molecular weight excluding hydrogens is 289 g/mol. The highest BCUT2D eigenvalue weighted by Gasteiger charge is 2.28. The zero-order chi connectivity index (χ0) is 14.0. The van der Waals surface area contributed by atoms with E-state index in [1.807, 2.05) is 6.92 Å². The van der Waals surface area contributed by atoms with Crippen molar-refractivity contribution in [2.45, 2.75) is 19.1 Å². The van der Waals surface area contributed by atoms with Crippen LogP contribution in [0.4, 0.5) is 0 Å². The molecule has 0 spiro atoms. The summed E-state index contributed by atoms with van der Waals surface area (Å²) in [6.07, 6.45) is -0.198. The first kappa shape index (κ1) is 14.4. The fourth-order valence-corrected chi connectivity index (χ4v) is 2.47. The van der Waals surface area contributed by atoms with Gasteiger partial charge in [0.2, 0.25) is 0 Å². The van der Waals surface area contributed by atoms with Crippen molar-refractivity contribution in [1.82, 2.24) is 4.90 Å². The number of morpholine rings is 1. The molecule has 1 aliphatic rings. The minimum absolute atomic E-state index is 0.0350. The van der Waals surface area contributed by atoms with Crippen LogP contribution in [0, 0.1) is 0 Å². The van der Waals surface area contributed by atoms with Gasteiger partial charge in [-0.1, -0.05) is 11.6 Å². The third kappa shape index (κ3) is 3.32. The van der Waals surface area contributed by atoms with Crippen LogP contribution in [0.15, 0.2) is 18.2 Å². The van der Waals surface area contributed by atoms with Crippen LogP contribution in [0.1, 0.15) is 17.3 Å². The zero-order valence-electron chi connectivity index (χ0n) is 10.5. The molecule has 1 aromatic rings. The first-order chi connectivity index (χ1) is 9.01. The number of alkyl halides is 1. The largest absolute Gasteiger partial charge is 0.506 e. The Balaban J connectivity index is 2.16. The molecule has 2 unspecified atom stereocenters. The van der Waals surface area contributed by atoms with E-state index in [0.29, 0.717) is 24.5 Å². The van der Waals surface area contributed by atoms with E-state index in [-0.39, 0.29) is 28.9 Å². The SMILES string of the molecule is CC1CN(C(=O)c2ccc(O)c(Cl)c2)CC(CCl)O1. The molecule has 0 saturated carbocycles. The van der Waals surface area contributed by atoms with Crippen LogP contribution in [-0.4, -0.2) is 47.1 Å². The van der Waals surface area contributed by atoms with Crippen LogP contribution in [-0.2, 0) is 4.74 Å². The summed E-state index contributed by atoms with van der Waals surface area (Å²) in [6.45, 7) is 2.89. The number of phenolic OH excluding ortho intramolecular Hbond substituents is 1. The standard InChI is InChI=1S/C13H15Cl2NO3/c1-8-6-16(7-10(5-14)19-8)13(18)9-2-3-12(17)11(15)4-9/h2-4,8,10,17H,5-7H2,1H3. The summed E-state index contributed by atoms with van der Waals surface area (Å²) in [4.78, 5) is 14.1. The maximum Gasteiger partial charge on any atom is 0.254 e. The second kappa shape index (κ2) is 5.99. The number of halogens is 2. The van der Waals surface area contributed by atoms with Crippen LogP contribution in [0.2, 0.25) is 5.02 Å². The summed E-state index contributed by atoms with van der Waals surface area (Å²) in [5.74, 6) is 0.184. The minimum Gasteiger partial charge on any atom is -0.506 e. The van der Waals surface area contributed by atoms with Crippen molar-refractivity contribution in [3.8, 4) is 5.75 Å². The van der Waals surface area contributed by atoms with Gasteiger partial charge in [-0.15, -0.1) is 11.6 Å². The monoisotopic (exact) mass is 303 g/mol. The van der Waals surface area contributed by atoms with Gasteiger partial charge in [0.05, 0.1) is 23.1 Å². The Morgan fingerprint density at radius 1 is 1.53 bits per heavy atom. The number of nitrogens with zero attached hydrogens (tertiary/aromatic N) is 1. The molecule has 0 aliphatic carbocycles. The molecule has 6 heteroatoms. The van der Waals surface area contributed by atoms with Crippen LogP contribution < -0.4 is 0 Å². The molecule has 1 N–H and O–H groups in total. The van der Waals surface area contributed by atoms with Crippen molar-refractivity contribution >= 4 is 29.1 Å². The van der Waals surface area contributed by atoms with Crippen LogP contribution >= 0.6 is 23.2 Å². The molecule has 4 nitrogen and oxygen atoms in total. The van der Waals surface area contributed by atoms with Crippen molar-refractivity contribution in [1.29, 1.82) is 0 Å². The minimum atomic E-state index is -0.151. The van der Waals surface area contributed by atoms with Crippen molar-refractivity contribution in [2.75, 3.05) is 19.0 Å². The first-order valence-electron chi connectivity index (χ1n) is 6.00. The fourth-order valence-electron chi connectivity index (χ4n) is 2.12. The molecule has 1 aromatic carbocycles. The molecule has 1 heterocycles. The highest BCUT2D eigenvalue weighted by Crippen LogP contribution is 2.25. The molecule has 0 bridgehead atoms. The quantitative estimate of drug-likeness (QED) is 0.854. The van der Waals surface area contributed by atoms with Gasteiger partial charge < -0.3 is 14.7 Å². The van der Waals surface area contributed by atoms with E-state index in [0.717, 1.165) is 0 Å². The predicted molar refractivity (Wildman–Crippen MR) is 74.1 cm³/mol. The van der Waals surface area contributed by atoms with Crippen molar-refractivity contribution < 1.29 is 14.6 Å². The average Bonchev–Trinajstić information content (AvgIpc) is 2.40. The second-order valence-corrected chi connectivity index (χ2v) is 5.32. The molecule has 1 amide bonds. The van der Waals surface area contributed by atoms with Crippen molar-refractivity contribution in [2.24, 2.45) is 0 Å². The maximum absolute atomic E-state index is 12.4. The Kier molecular flexibility index (Phi) is 4.55. The number of carbonyl (C=O) groups is 1. The third-order valence-corrected chi connectivity index (χ3v) is 3.63. The van der Waals surface area contributed by atoms with Crippen LogP contribution in [0.5, 0.6) is 5.75 Å². The summed E-state index contributed by atoms with van der Waals surface area (Å²) in [5.41, 5.74) is 0.449. The smallest absolute Gasteiger partial charge is 0.254 e. The second-order valence-electron chi connectivity index (χ2n) is 4.60. The topological polar surface area (TPSA) is 49.8 Å². The van der Waals surface area contributed by atoms with E-state index in [1.165, 1.54) is 12.1 Å². The van der Waals surface area contributed by atoms with Gasteiger partial charge in [-0.25, -0.2) is 0 Å². The van der Waals surface area contributed by atoms with Gasteiger partial charge in [-0.05, 0) is 25.1 Å². The van der Waals surface area contributed by atoms with E-state index in [1.54, 1.807) is 11.0 Å². The maximum atomic E-state index is 12.4. The summed E-state index contributed by atoms with van der Waals surface area (Å²) < 4.78 is 5.60. The lowest BCUT2D eigenvalue weighted by atomic mass is 10.1. The van der Waals surface area contributed by atoms with Crippen LogP contribution in [0.3, 0.4) is 0 Å². The molecule has 2 rings (SSSR count). The van der Waals surface area contributed by atoms with Gasteiger partial charge in [-0.2, -0.15) is 0 Å². The fraction of sp³-hybridized carbons (Fsp3) is 0.462. The summed E-state index contributed by atoms with van der Waals surface area (Å²) in [7, 11) is 0. The number of benzene rings is 1. The summed E-state index contributed by atoms with van der Waals surface area (Å²) in [6, 6.07) is 4.44. The van der Waals surface area contributed by atoms with Crippen molar-refractivity contribution in [3.63, 3.8) is 0 Å². The van der Waals surface area contributed by atoms with Crippen LogP contribution in [0.25, 0.3) is 0 Å². The molecule has 1 fully saturated rings. The summed E-state index contributed by atoms with van der Waals surface area (Å²) >= 11 is 11.6. The predicted octanol–water partition coefficient (Wildman–Crippen LogP) is 2.51. The van der Waals surface area contributed by atoms with E-state index in [9.17, 15) is 9.90 Å². The highest BCUT2D eigenvalue weighted by molar-refractivity contribution is 6.32. The highest BCUT2D eigenvalue weighted by atomic mass is 35.5. The molecular formula is C13H15Cl2NO3. The molecule has 0 radical (unpaired) electrons. The average molecular weight is 304 g/mol. The van der Waals surface area contributed by atoms with Crippen molar-refractivity contribution in [3.05, 3.63) is 28.8 Å². The van der Waals surface area contributed by atoms with Gasteiger partial charge in [0.1, 0.15) is 5.75 Å². The number of carbonyl (C=O) groups excluding carboxylic acids is 1. The number of rotatable bonds is 2. The number of amides is 1. The normalized spacial score (nSPS) is 23.4. The van der Waals surface area contributed by atoms with E-state index in [4.69, 9.17) is 27.9 Å². The number of phenols is 1. The Morgan fingerprint density at radius 2 is 2.26 bits per heavy atom. The lowest BCUT2D eigenvalue weighted by Crippen LogP contribution is -2.49.